The fraction of sp³-hybridized carbons (Fsp3) is 0.0500. The molecule has 5 nitrogen and oxygen atoms in total. The second kappa shape index (κ2) is 6.97. The molecule has 0 atom stereocenters. The van der Waals surface area contributed by atoms with Crippen molar-refractivity contribution in [3.63, 3.8) is 0 Å². The SMILES string of the molecule is COc1cccc(C(=O)/C=C/C(=O)c2cc3ccccc3oc2=O)c1. The third kappa shape index (κ3) is 3.55. The van der Waals surface area contributed by atoms with Crippen LogP contribution < -0.4 is 10.4 Å². The van der Waals surface area contributed by atoms with Gasteiger partial charge < -0.3 is 9.15 Å². The molecule has 0 aliphatic rings. The summed E-state index contributed by atoms with van der Waals surface area (Å²) in [6.45, 7) is 0. The fourth-order valence-electron chi connectivity index (χ4n) is 2.35. The van der Waals surface area contributed by atoms with Gasteiger partial charge in [0, 0.05) is 10.9 Å². The van der Waals surface area contributed by atoms with Gasteiger partial charge in [0.05, 0.1) is 7.11 Å². The minimum Gasteiger partial charge on any atom is -0.497 e. The zero-order valence-corrected chi connectivity index (χ0v) is 13.4. The molecule has 0 saturated carbocycles. The molecule has 0 radical (unpaired) electrons. The third-order valence-electron chi connectivity index (χ3n) is 3.65. The summed E-state index contributed by atoms with van der Waals surface area (Å²) >= 11 is 0. The van der Waals surface area contributed by atoms with Crippen molar-refractivity contribution in [2.45, 2.75) is 0 Å². The zero-order chi connectivity index (χ0) is 17.8. The Hall–Kier alpha value is -3.47. The lowest BCUT2D eigenvalue weighted by molar-refractivity contribution is 0.102. The zero-order valence-electron chi connectivity index (χ0n) is 13.4. The molecule has 0 N–H and O–H groups in total. The standard InChI is InChI=1S/C20H14O5/c1-24-15-7-4-6-13(11-15)17(21)9-10-18(22)16-12-14-5-2-3-8-19(14)25-20(16)23/h2-12H,1H3/b10-9+. The molecule has 25 heavy (non-hydrogen) atoms. The number of methoxy groups -OCH3 is 1. The van der Waals surface area contributed by atoms with E-state index in [1.54, 1.807) is 48.5 Å². The highest BCUT2D eigenvalue weighted by molar-refractivity contribution is 6.12. The molecule has 0 spiro atoms. The van der Waals surface area contributed by atoms with Crippen molar-refractivity contribution in [3.8, 4) is 5.75 Å². The van der Waals surface area contributed by atoms with Crippen molar-refractivity contribution >= 4 is 22.5 Å². The van der Waals surface area contributed by atoms with E-state index in [-0.39, 0.29) is 11.3 Å². The number of ether oxygens (including phenoxy) is 1. The van der Waals surface area contributed by atoms with Crippen LogP contribution in [0.2, 0.25) is 0 Å². The molecule has 124 valence electrons. The lowest BCUT2D eigenvalue weighted by atomic mass is 10.1. The van der Waals surface area contributed by atoms with E-state index in [0.717, 1.165) is 12.2 Å². The van der Waals surface area contributed by atoms with E-state index >= 15 is 0 Å². The maximum atomic E-state index is 12.2. The first-order chi connectivity index (χ1) is 12.1. The van der Waals surface area contributed by atoms with E-state index in [2.05, 4.69) is 0 Å². The van der Waals surface area contributed by atoms with Crippen LogP contribution in [-0.4, -0.2) is 18.7 Å². The van der Waals surface area contributed by atoms with Gasteiger partial charge >= 0.3 is 5.63 Å². The maximum absolute atomic E-state index is 12.2. The van der Waals surface area contributed by atoms with E-state index in [0.29, 0.717) is 22.3 Å². The molecule has 0 bridgehead atoms. The minimum atomic E-state index is -0.734. The summed E-state index contributed by atoms with van der Waals surface area (Å²) in [5.74, 6) is -0.408. The second-order valence-corrected chi connectivity index (χ2v) is 5.28. The monoisotopic (exact) mass is 334 g/mol. The molecule has 1 aromatic heterocycles. The number of carbonyl (C=O) groups excluding carboxylic acids is 2. The molecule has 0 aliphatic carbocycles. The molecule has 3 aromatic rings. The van der Waals surface area contributed by atoms with Crippen LogP contribution in [0.15, 0.2) is 76.0 Å². The topological polar surface area (TPSA) is 73.6 Å². The number of hydrogen-bond acceptors (Lipinski definition) is 5. The Morgan fingerprint density at radius 3 is 2.52 bits per heavy atom. The molecule has 0 saturated heterocycles. The van der Waals surface area contributed by atoms with Crippen LogP contribution in [0.3, 0.4) is 0 Å². The van der Waals surface area contributed by atoms with E-state index < -0.39 is 11.4 Å². The highest BCUT2D eigenvalue weighted by atomic mass is 16.5. The van der Waals surface area contributed by atoms with E-state index in [1.165, 1.54) is 13.2 Å². The van der Waals surface area contributed by atoms with Crippen LogP contribution in [0.25, 0.3) is 11.0 Å². The first-order valence-electron chi connectivity index (χ1n) is 7.52. The van der Waals surface area contributed by atoms with E-state index in [1.807, 2.05) is 0 Å². The number of rotatable bonds is 5. The number of hydrogen-bond donors (Lipinski definition) is 0. The summed E-state index contributed by atoms with van der Waals surface area (Å²) in [6.07, 6.45) is 2.20. The average molecular weight is 334 g/mol. The van der Waals surface area contributed by atoms with Gasteiger partial charge in [0.25, 0.3) is 0 Å². The maximum Gasteiger partial charge on any atom is 0.347 e. The number of fused-ring (bicyclic) bond motifs is 1. The van der Waals surface area contributed by atoms with Crippen LogP contribution in [0.4, 0.5) is 0 Å². The number of allylic oxidation sites excluding steroid dienone is 2. The summed E-state index contributed by atoms with van der Waals surface area (Å²) in [5, 5.41) is 0.637. The predicted molar refractivity (Wildman–Crippen MR) is 93.3 cm³/mol. The van der Waals surface area contributed by atoms with Crippen LogP contribution >= 0.6 is 0 Å². The van der Waals surface area contributed by atoms with Crippen molar-refractivity contribution in [2.24, 2.45) is 0 Å². The van der Waals surface area contributed by atoms with Gasteiger partial charge in [-0.3, -0.25) is 9.59 Å². The summed E-state index contributed by atoms with van der Waals surface area (Å²) < 4.78 is 10.2. The van der Waals surface area contributed by atoms with Crippen LogP contribution in [0, 0.1) is 0 Å². The highest BCUT2D eigenvalue weighted by Crippen LogP contribution is 2.15. The Morgan fingerprint density at radius 1 is 0.960 bits per heavy atom. The highest BCUT2D eigenvalue weighted by Gasteiger charge is 2.12. The van der Waals surface area contributed by atoms with Gasteiger partial charge in [-0.15, -0.1) is 0 Å². The molecule has 5 heteroatoms. The van der Waals surface area contributed by atoms with Crippen LogP contribution in [0.5, 0.6) is 5.75 Å². The molecule has 0 amide bonds. The minimum absolute atomic E-state index is 0.117. The smallest absolute Gasteiger partial charge is 0.347 e. The number of benzene rings is 2. The molecular formula is C20H14O5. The van der Waals surface area contributed by atoms with Crippen molar-refractivity contribution < 1.29 is 18.7 Å². The van der Waals surface area contributed by atoms with Crippen molar-refractivity contribution in [3.05, 3.63) is 88.3 Å². The Labute approximate surface area is 143 Å². The molecule has 1 heterocycles. The molecule has 0 aliphatic heterocycles. The molecule has 2 aromatic carbocycles. The van der Waals surface area contributed by atoms with Gasteiger partial charge in [-0.05, 0) is 36.4 Å². The van der Waals surface area contributed by atoms with Gasteiger partial charge in [0.15, 0.2) is 11.6 Å². The normalized spacial score (nSPS) is 10.9. The second-order valence-electron chi connectivity index (χ2n) is 5.28. The average Bonchev–Trinajstić information content (AvgIpc) is 2.65. The lowest BCUT2D eigenvalue weighted by Gasteiger charge is -2.01. The first kappa shape index (κ1) is 16.4. The third-order valence-corrected chi connectivity index (χ3v) is 3.65. The van der Waals surface area contributed by atoms with Gasteiger partial charge in [-0.2, -0.15) is 0 Å². The Morgan fingerprint density at radius 2 is 1.72 bits per heavy atom. The lowest BCUT2D eigenvalue weighted by Crippen LogP contribution is -2.12. The van der Waals surface area contributed by atoms with Crippen LogP contribution in [-0.2, 0) is 0 Å². The molecule has 0 unspecified atom stereocenters. The Bertz CT molecular complexity index is 1040. The van der Waals surface area contributed by atoms with Gasteiger partial charge in [0.2, 0.25) is 0 Å². The number of para-hydroxylation sites is 1. The summed E-state index contributed by atoms with van der Waals surface area (Å²) in [6, 6.07) is 14.9. The fourth-order valence-corrected chi connectivity index (χ4v) is 2.35. The summed E-state index contributed by atoms with van der Waals surface area (Å²) in [5.41, 5.74) is -0.0648. The van der Waals surface area contributed by atoms with Crippen molar-refractivity contribution in [2.75, 3.05) is 7.11 Å². The van der Waals surface area contributed by atoms with Gasteiger partial charge in [-0.1, -0.05) is 30.3 Å². The molecule has 3 rings (SSSR count). The quantitative estimate of drug-likeness (QED) is 0.406. The van der Waals surface area contributed by atoms with Crippen molar-refractivity contribution in [1.82, 2.24) is 0 Å². The van der Waals surface area contributed by atoms with Gasteiger partial charge in [-0.25, -0.2) is 4.79 Å². The predicted octanol–water partition coefficient (Wildman–Crippen LogP) is 3.42. The molecule has 0 fully saturated rings. The Kier molecular flexibility index (Phi) is 4.57. The Balaban J connectivity index is 1.86. The largest absolute Gasteiger partial charge is 0.497 e. The number of carbonyl (C=O) groups is 2. The van der Waals surface area contributed by atoms with E-state index in [9.17, 15) is 14.4 Å². The van der Waals surface area contributed by atoms with Crippen LogP contribution in [0.1, 0.15) is 20.7 Å². The summed E-state index contributed by atoms with van der Waals surface area (Å²) in [4.78, 5) is 36.3. The van der Waals surface area contributed by atoms with Gasteiger partial charge in [0.1, 0.15) is 16.9 Å². The van der Waals surface area contributed by atoms with E-state index in [4.69, 9.17) is 9.15 Å². The molecular weight excluding hydrogens is 320 g/mol. The summed E-state index contributed by atoms with van der Waals surface area (Å²) in [7, 11) is 1.50. The van der Waals surface area contributed by atoms with Crippen molar-refractivity contribution in [1.29, 1.82) is 0 Å². The first-order valence-corrected chi connectivity index (χ1v) is 7.52. The number of ketones is 2.